The van der Waals surface area contributed by atoms with Crippen LogP contribution < -0.4 is 0 Å². The molecular weight excluding hydrogens is 182 g/mol. The van der Waals surface area contributed by atoms with Crippen LogP contribution in [0.25, 0.3) is 6.08 Å². The number of pyridine rings is 1. The number of aromatic nitrogens is 1. The SMILES string of the molecule is C/C=C\C=C/c1ccncc1C(C)(C)C. The fourth-order valence-electron chi connectivity index (χ4n) is 1.45. The number of allylic oxidation sites excluding steroid dienone is 3. The van der Waals surface area contributed by atoms with Crippen LogP contribution >= 0.6 is 0 Å². The van der Waals surface area contributed by atoms with Gasteiger partial charge < -0.3 is 0 Å². The molecule has 1 aromatic heterocycles. The van der Waals surface area contributed by atoms with Gasteiger partial charge in [-0.1, -0.05) is 45.1 Å². The molecule has 0 radical (unpaired) electrons. The van der Waals surface area contributed by atoms with E-state index in [-0.39, 0.29) is 5.41 Å². The van der Waals surface area contributed by atoms with E-state index in [1.54, 1.807) is 0 Å². The first kappa shape index (κ1) is 11.7. The smallest absolute Gasteiger partial charge is 0.0311 e. The van der Waals surface area contributed by atoms with Crippen molar-refractivity contribution in [1.29, 1.82) is 0 Å². The van der Waals surface area contributed by atoms with Crippen molar-refractivity contribution >= 4 is 6.08 Å². The van der Waals surface area contributed by atoms with Gasteiger partial charge in [0.25, 0.3) is 0 Å². The predicted molar refractivity (Wildman–Crippen MR) is 66.8 cm³/mol. The monoisotopic (exact) mass is 201 g/mol. The molecule has 0 amide bonds. The summed E-state index contributed by atoms with van der Waals surface area (Å²) in [6.45, 7) is 8.63. The fraction of sp³-hybridized carbons (Fsp3) is 0.357. The van der Waals surface area contributed by atoms with E-state index in [0.29, 0.717) is 0 Å². The standard InChI is InChI=1S/C14H19N/c1-5-6-7-8-12-9-10-15-11-13(12)14(2,3)4/h5-11H,1-4H3/b6-5-,8-7-. The van der Waals surface area contributed by atoms with Gasteiger partial charge in [0.05, 0.1) is 0 Å². The first-order chi connectivity index (χ1) is 7.05. The maximum atomic E-state index is 4.19. The average molecular weight is 201 g/mol. The number of rotatable bonds is 2. The molecule has 15 heavy (non-hydrogen) atoms. The molecule has 0 aromatic carbocycles. The first-order valence-corrected chi connectivity index (χ1v) is 5.29. The molecule has 0 fully saturated rings. The highest BCUT2D eigenvalue weighted by Gasteiger charge is 2.16. The lowest BCUT2D eigenvalue weighted by atomic mass is 9.85. The second-order valence-electron chi connectivity index (χ2n) is 4.60. The molecule has 0 saturated carbocycles. The second kappa shape index (κ2) is 4.92. The van der Waals surface area contributed by atoms with E-state index in [4.69, 9.17) is 0 Å². The van der Waals surface area contributed by atoms with Crippen molar-refractivity contribution in [2.24, 2.45) is 0 Å². The van der Waals surface area contributed by atoms with Gasteiger partial charge in [0.1, 0.15) is 0 Å². The zero-order valence-electron chi connectivity index (χ0n) is 9.99. The highest BCUT2D eigenvalue weighted by molar-refractivity contribution is 5.56. The van der Waals surface area contributed by atoms with E-state index in [9.17, 15) is 0 Å². The highest BCUT2D eigenvalue weighted by atomic mass is 14.6. The molecule has 0 saturated heterocycles. The van der Waals surface area contributed by atoms with Crippen LogP contribution in [0.2, 0.25) is 0 Å². The van der Waals surface area contributed by atoms with Gasteiger partial charge in [-0.25, -0.2) is 0 Å². The Balaban J connectivity index is 3.07. The van der Waals surface area contributed by atoms with Crippen LogP contribution in [0.5, 0.6) is 0 Å². The zero-order chi connectivity index (χ0) is 11.3. The minimum atomic E-state index is 0.143. The molecule has 0 aliphatic carbocycles. The third-order valence-electron chi connectivity index (χ3n) is 2.24. The Morgan fingerprint density at radius 1 is 1.20 bits per heavy atom. The molecule has 1 heterocycles. The van der Waals surface area contributed by atoms with E-state index in [1.165, 1.54) is 11.1 Å². The van der Waals surface area contributed by atoms with E-state index in [1.807, 2.05) is 31.5 Å². The molecule has 1 aromatic rings. The summed E-state index contributed by atoms with van der Waals surface area (Å²) in [5.74, 6) is 0. The summed E-state index contributed by atoms with van der Waals surface area (Å²) >= 11 is 0. The van der Waals surface area contributed by atoms with Crippen LogP contribution in [0.3, 0.4) is 0 Å². The summed E-state index contributed by atoms with van der Waals surface area (Å²) in [6, 6.07) is 2.06. The van der Waals surface area contributed by atoms with Crippen molar-refractivity contribution in [2.75, 3.05) is 0 Å². The van der Waals surface area contributed by atoms with Gasteiger partial charge in [-0.15, -0.1) is 0 Å². The van der Waals surface area contributed by atoms with Crippen molar-refractivity contribution in [3.63, 3.8) is 0 Å². The molecule has 1 nitrogen and oxygen atoms in total. The fourth-order valence-corrected chi connectivity index (χ4v) is 1.45. The zero-order valence-corrected chi connectivity index (χ0v) is 9.99. The minimum absolute atomic E-state index is 0.143. The third-order valence-corrected chi connectivity index (χ3v) is 2.24. The van der Waals surface area contributed by atoms with E-state index < -0.39 is 0 Å². The predicted octanol–water partition coefficient (Wildman–Crippen LogP) is 3.97. The van der Waals surface area contributed by atoms with Crippen molar-refractivity contribution in [2.45, 2.75) is 33.1 Å². The largest absolute Gasteiger partial charge is 0.264 e. The first-order valence-electron chi connectivity index (χ1n) is 5.29. The van der Waals surface area contributed by atoms with Gasteiger partial charge in [0.15, 0.2) is 0 Å². The van der Waals surface area contributed by atoms with Gasteiger partial charge >= 0.3 is 0 Å². The van der Waals surface area contributed by atoms with Crippen LogP contribution in [0.15, 0.2) is 36.7 Å². The number of nitrogens with zero attached hydrogens (tertiary/aromatic N) is 1. The molecule has 0 N–H and O–H groups in total. The summed E-state index contributed by atoms with van der Waals surface area (Å²) in [6.07, 6.45) is 12.0. The van der Waals surface area contributed by atoms with Gasteiger partial charge in [-0.3, -0.25) is 4.98 Å². The quantitative estimate of drug-likeness (QED) is 0.660. The molecule has 1 heteroatoms. The lowest BCUT2D eigenvalue weighted by Gasteiger charge is -2.20. The molecule has 0 atom stereocenters. The summed E-state index contributed by atoms with van der Waals surface area (Å²) in [5, 5.41) is 0. The minimum Gasteiger partial charge on any atom is -0.264 e. The second-order valence-corrected chi connectivity index (χ2v) is 4.60. The Hall–Kier alpha value is -1.37. The number of hydrogen-bond acceptors (Lipinski definition) is 1. The summed E-state index contributed by atoms with van der Waals surface area (Å²) in [7, 11) is 0. The van der Waals surface area contributed by atoms with E-state index >= 15 is 0 Å². The van der Waals surface area contributed by atoms with Gasteiger partial charge in [-0.05, 0) is 29.5 Å². The Kier molecular flexibility index (Phi) is 3.84. The van der Waals surface area contributed by atoms with Gasteiger partial charge in [0.2, 0.25) is 0 Å². The number of hydrogen-bond donors (Lipinski definition) is 0. The maximum Gasteiger partial charge on any atom is 0.0311 e. The summed E-state index contributed by atoms with van der Waals surface area (Å²) < 4.78 is 0. The van der Waals surface area contributed by atoms with Crippen LogP contribution in [0.1, 0.15) is 38.8 Å². The van der Waals surface area contributed by atoms with Crippen LogP contribution in [-0.2, 0) is 5.41 Å². The molecule has 0 aliphatic heterocycles. The average Bonchev–Trinajstić information content (AvgIpc) is 2.17. The lowest BCUT2D eigenvalue weighted by molar-refractivity contribution is 0.586. The third kappa shape index (κ3) is 3.35. The highest BCUT2D eigenvalue weighted by Crippen LogP contribution is 2.25. The van der Waals surface area contributed by atoms with Crippen molar-refractivity contribution in [3.05, 3.63) is 47.8 Å². The summed E-state index contributed by atoms with van der Waals surface area (Å²) in [4.78, 5) is 4.19. The summed E-state index contributed by atoms with van der Waals surface area (Å²) in [5.41, 5.74) is 2.67. The molecule has 1 rings (SSSR count). The maximum absolute atomic E-state index is 4.19. The molecule has 0 spiro atoms. The lowest BCUT2D eigenvalue weighted by Crippen LogP contribution is -2.13. The van der Waals surface area contributed by atoms with Gasteiger partial charge in [0, 0.05) is 12.4 Å². The Morgan fingerprint density at radius 2 is 1.93 bits per heavy atom. The topological polar surface area (TPSA) is 12.9 Å². The van der Waals surface area contributed by atoms with Crippen molar-refractivity contribution < 1.29 is 0 Å². The van der Waals surface area contributed by atoms with E-state index in [0.717, 1.165) is 0 Å². The molecule has 0 unspecified atom stereocenters. The van der Waals surface area contributed by atoms with Crippen molar-refractivity contribution in [3.8, 4) is 0 Å². The molecule has 0 aliphatic rings. The molecule has 80 valence electrons. The molecule has 0 bridgehead atoms. The molecular formula is C14H19N. The Bertz CT molecular complexity index is 367. The Labute approximate surface area is 92.6 Å². The normalized spacial score (nSPS) is 12.8. The van der Waals surface area contributed by atoms with Crippen molar-refractivity contribution in [1.82, 2.24) is 4.98 Å². The van der Waals surface area contributed by atoms with Crippen LogP contribution in [0.4, 0.5) is 0 Å². The van der Waals surface area contributed by atoms with Crippen LogP contribution in [0, 0.1) is 0 Å². The van der Waals surface area contributed by atoms with E-state index in [2.05, 4.69) is 44.0 Å². The van der Waals surface area contributed by atoms with Crippen LogP contribution in [-0.4, -0.2) is 4.98 Å². The van der Waals surface area contributed by atoms with Gasteiger partial charge in [-0.2, -0.15) is 0 Å². The Morgan fingerprint density at radius 3 is 2.53 bits per heavy atom.